The van der Waals surface area contributed by atoms with Gasteiger partial charge in [-0.1, -0.05) is 18.2 Å². The fourth-order valence-electron chi connectivity index (χ4n) is 2.31. The van der Waals surface area contributed by atoms with Gasteiger partial charge in [0.25, 0.3) is 11.8 Å². The minimum atomic E-state index is -0.514. The van der Waals surface area contributed by atoms with E-state index in [0.29, 0.717) is 22.7 Å². The van der Waals surface area contributed by atoms with Crippen LogP contribution in [0.1, 0.15) is 22.8 Å². The van der Waals surface area contributed by atoms with Crippen LogP contribution in [0.25, 0.3) is 0 Å². The molecular formula is C17H16N2O3. The summed E-state index contributed by atoms with van der Waals surface area (Å²) < 4.78 is 5.48. The fraction of sp³-hybridized carbons (Fsp3) is 0.176. The van der Waals surface area contributed by atoms with Gasteiger partial charge in [0, 0.05) is 11.3 Å². The molecule has 1 atom stereocenters. The molecule has 0 radical (unpaired) electrons. The van der Waals surface area contributed by atoms with Crippen LogP contribution in [-0.4, -0.2) is 17.9 Å². The van der Waals surface area contributed by atoms with Crippen molar-refractivity contribution in [2.24, 2.45) is 0 Å². The zero-order valence-electron chi connectivity index (χ0n) is 12.3. The first-order chi connectivity index (χ1) is 10.5. The monoisotopic (exact) mass is 296 g/mol. The third-order valence-corrected chi connectivity index (χ3v) is 3.56. The van der Waals surface area contributed by atoms with Crippen LogP contribution in [0.3, 0.4) is 0 Å². The molecule has 0 aromatic heterocycles. The van der Waals surface area contributed by atoms with E-state index in [9.17, 15) is 9.59 Å². The summed E-state index contributed by atoms with van der Waals surface area (Å²) in [5, 5.41) is 5.59. The molecule has 112 valence electrons. The molecule has 1 unspecified atom stereocenters. The van der Waals surface area contributed by atoms with E-state index >= 15 is 0 Å². The number of aryl methyl sites for hydroxylation is 1. The Morgan fingerprint density at radius 3 is 2.77 bits per heavy atom. The van der Waals surface area contributed by atoms with Crippen molar-refractivity contribution in [3.63, 3.8) is 0 Å². The maximum absolute atomic E-state index is 12.3. The van der Waals surface area contributed by atoms with E-state index in [0.717, 1.165) is 5.56 Å². The van der Waals surface area contributed by atoms with Gasteiger partial charge in [-0.2, -0.15) is 0 Å². The lowest BCUT2D eigenvalue weighted by atomic mass is 10.1. The Morgan fingerprint density at radius 1 is 1.23 bits per heavy atom. The molecule has 5 heteroatoms. The van der Waals surface area contributed by atoms with E-state index in [4.69, 9.17) is 4.74 Å². The third-order valence-electron chi connectivity index (χ3n) is 3.56. The standard InChI is InChI=1S/C17H16N2O3/c1-10-5-3-4-6-13(10)17(21)18-12-7-8-15-14(9-12)19-16(20)11(2)22-15/h3-9,11H,1-2H3,(H,18,21)(H,19,20). The second-order valence-electron chi connectivity index (χ2n) is 5.23. The largest absolute Gasteiger partial charge is 0.479 e. The average molecular weight is 296 g/mol. The Labute approximate surface area is 128 Å². The fourth-order valence-corrected chi connectivity index (χ4v) is 2.31. The molecule has 2 amide bonds. The number of hydrogen-bond donors (Lipinski definition) is 2. The quantitative estimate of drug-likeness (QED) is 0.895. The summed E-state index contributed by atoms with van der Waals surface area (Å²) in [4.78, 5) is 23.9. The van der Waals surface area contributed by atoms with E-state index < -0.39 is 6.10 Å². The molecule has 22 heavy (non-hydrogen) atoms. The van der Waals surface area contributed by atoms with Crippen LogP contribution in [0.2, 0.25) is 0 Å². The van der Waals surface area contributed by atoms with Gasteiger partial charge < -0.3 is 15.4 Å². The zero-order chi connectivity index (χ0) is 15.7. The Kier molecular flexibility index (Phi) is 3.55. The Hall–Kier alpha value is -2.82. The van der Waals surface area contributed by atoms with Crippen molar-refractivity contribution in [3.8, 4) is 5.75 Å². The van der Waals surface area contributed by atoms with Crippen LogP contribution >= 0.6 is 0 Å². The summed E-state index contributed by atoms with van der Waals surface area (Å²) >= 11 is 0. The van der Waals surface area contributed by atoms with Gasteiger partial charge in [0.2, 0.25) is 0 Å². The van der Waals surface area contributed by atoms with E-state index in [-0.39, 0.29) is 11.8 Å². The Bertz CT molecular complexity index is 755. The number of ether oxygens (including phenoxy) is 1. The molecule has 0 saturated heterocycles. The van der Waals surface area contributed by atoms with Gasteiger partial charge in [0.05, 0.1) is 5.69 Å². The van der Waals surface area contributed by atoms with E-state index in [1.807, 2.05) is 25.1 Å². The van der Waals surface area contributed by atoms with E-state index in [1.54, 1.807) is 31.2 Å². The van der Waals surface area contributed by atoms with Gasteiger partial charge in [-0.3, -0.25) is 9.59 Å². The smallest absolute Gasteiger partial charge is 0.265 e. The molecular weight excluding hydrogens is 280 g/mol. The topological polar surface area (TPSA) is 67.4 Å². The molecule has 1 aliphatic heterocycles. The molecule has 3 rings (SSSR count). The molecule has 0 fully saturated rings. The van der Waals surface area contributed by atoms with Crippen molar-refractivity contribution in [2.75, 3.05) is 10.6 Å². The summed E-state index contributed by atoms with van der Waals surface area (Å²) in [5.74, 6) is 0.213. The predicted molar refractivity (Wildman–Crippen MR) is 84.3 cm³/mol. The number of hydrogen-bond acceptors (Lipinski definition) is 3. The second-order valence-corrected chi connectivity index (χ2v) is 5.23. The van der Waals surface area contributed by atoms with Crippen molar-refractivity contribution in [3.05, 3.63) is 53.6 Å². The molecule has 2 aromatic carbocycles. The normalized spacial score (nSPS) is 16.3. The lowest BCUT2D eigenvalue weighted by Crippen LogP contribution is -2.34. The summed E-state index contributed by atoms with van der Waals surface area (Å²) in [6.07, 6.45) is -0.514. The van der Waals surface area contributed by atoms with Gasteiger partial charge >= 0.3 is 0 Å². The van der Waals surface area contributed by atoms with Gasteiger partial charge in [-0.25, -0.2) is 0 Å². The van der Waals surface area contributed by atoms with Gasteiger partial charge in [-0.15, -0.1) is 0 Å². The van der Waals surface area contributed by atoms with Crippen LogP contribution in [0.15, 0.2) is 42.5 Å². The SMILES string of the molecule is Cc1ccccc1C(=O)Nc1ccc2c(c1)NC(=O)C(C)O2. The van der Waals surface area contributed by atoms with Crippen molar-refractivity contribution in [1.29, 1.82) is 0 Å². The van der Waals surface area contributed by atoms with E-state index in [2.05, 4.69) is 10.6 Å². The van der Waals surface area contributed by atoms with Crippen LogP contribution < -0.4 is 15.4 Å². The first-order valence-electron chi connectivity index (χ1n) is 7.03. The van der Waals surface area contributed by atoms with Crippen LogP contribution in [0.5, 0.6) is 5.75 Å². The number of carbonyl (C=O) groups is 2. The van der Waals surface area contributed by atoms with Gasteiger partial charge in [0.15, 0.2) is 6.10 Å². The lowest BCUT2D eigenvalue weighted by Gasteiger charge is -2.23. The highest BCUT2D eigenvalue weighted by Gasteiger charge is 2.23. The zero-order valence-corrected chi connectivity index (χ0v) is 12.3. The highest BCUT2D eigenvalue weighted by Crippen LogP contribution is 2.32. The molecule has 0 aliphatic carbocycles. The van der Waals surface area contributed by atoms with E-state index in [1.165, 1.54) is 0 Å². The number of amides is 2. The lowest BCUT2D eigenvalue weighted by molar-refractivity contribution is -0.122. The van der Waals surface area contributed by atoms with Gasteiger partial charge in [-0.05, 0) is 43.7 Å². The van der Waals surface area contributed by atoms with Crippen LogP contribution in [0, 0.1) is 6.92 Å². The molecule has 1 heterocycles. The van der Waals surface area contributed by atoms with Gasteiger partial charge in [0.1, 0.15) is 5.75 Å². The maximum atomic E-state index is 12.3. The number of benzene rings is 2. The Morgan fingerprint density at radius 2 is 2.00 bits per heavy atom. The molecule has 0 spiro atoms. The highest BCUT2D eigenvalue weighted by atomic mass is 16.5. The Balaban J connectivity index is 1.82. The number of fused-ring (bicyclic) bond motifs is 1. The molecule has 0 bridgehead atoms. The number of rotatable bonds is 2. The van der Waals surface area contributed by atoms with Crippen LogP contribution in [-0.2, 0) is 4.79 Å². The minimum Gasteiger partial charge on any atom is -0.479 e. The molecule has 0 saturated carbocycles. The molecule has 5 nitrogen and oxygen atoms in total. The summed E-state index contributed by atoms with van der Waals surface area (Å²) in [7, 11) is 0. The first-order valence-corrected chi connectivity index (χ1v) is 7.03. The predicted octanol–water partition coefficient (Wildman–Crippen LogP) is 2.97. The summed E-state index contributed by atoms with van der Waals surface area (Å²) in [6, 6.07) is 12.5. The number of anilines is 2. The highest BCUT2D eigenvalue weighted by molar-refractivity contribution is 6.06. The van der Waals surface area contributed by atoms with Crippen molar-refractivity contribution >= 4 is 23.2 Å². The average Bonchev–Trinajstić information content (AvgIpc) is 2.49. The van der Waals surface area contributed by atoms with Crippen molar-refractivity contribution in [1.82, 2.24) is 0 Å². The molecule has 1 aliphatic rings. The first kappa shape index (κ1) is 14.1. The maximum Gasteiger partial charge on any atom is 0.265 e. The minimum absolute atomic E-state index is 0.186. The number of nitrogens with one attached hydrogen (secondary N) is 2. The summed E-state index contributed by atoms with van der Waals surface area (Å²) in [5.41, 5.74) is 2.69. The summed E-state index contributed by atoms with van der Waals surface area (Å²) in [6.45, 7) is 3.57. The molecule has 2 N–H and O–H groups in total. The van der Waals surface area contributed by atoms with Crippen molar-refractivity contribution < 1.29 is 14.3 Å². The number of carbonyl (C=O) groups excluding carboxylic acids is 2. The third kappa shape index (κ3) is 2.65. The van der Waals surface area contributed by atoms with Crippen LogP contribution in [0.4, 0.5) is 11.4 Å². The van der Waals surface area contributed by atoms with Crippen molar-refractivity contribution in [2.45, 2.75) is 20.0 Å². The second kappa shape index (κ2) is 5.52. The molecule has 2 aromatic rings.